The van der Waals surface area contributed by atoms with Crippen LogP contribution in [0.5, 0.6) is 0 Å². The van der Waals surface area contributed by atoms with E-state index < -0.39 is 31.0 Å². The van der Waals surface area contributed by atoms with Crippen LogP contribution >= 0.6 is 0 Å². The summed E-state index contributed by atoms with van der Waals surface area (Å²) in [5, 5.41) is 47.0. The molecule has 0 amide bonds. The van der Waals surface area contributed by atoms with Crippen molar-refractivity contribution >= 4 is 0 Å². The van der Waals surface area contributed by atoms with Crippen molar-refractivity contribution in [1.82, 2.24) is 0 Å². The summed E-state index contributed by atoms with van der Waals surface area (Å²) in [6.07, 6.45) is 3.23. The van der Waals surface area contributed by atoms with Crippen LogP contribution in [0.4, 0.5) is 0 Å². The first kappa shape index (κ1) is 26.5. The van der Waals surface area contributed by atoms with Crippen LogP contribution in [-0.4, -0.2) is 69.8 Å². The highest BCUT2D eigenvalue weighted by molar-refractivity contribution is 4.97. The minimum atomic E-state index is -1.62. The lowest BCUT2D eigenvalue weighted by Gasteiger charge is -2.25. The molecule has 1 unspecified atom stereocenters. The summed E-state index contributed by atoms with van der Waals surface area (Å²) in [5.41, 5.74) is 1.23. The summed E-state index contributed by atoms with van der Waals surface area (Å²) in [7, 11) is 0. The summed E-state index contributed by atoms with van der Waals surface area (Å²) in [4.78, 5) is 0. The van der Waals surface area contributed by atoms with Gasteiger partial charge in [0.05, 0.1) is 19.8 Å². The second-order valence-electron chi connectivity index (χ2n) is 8.21. The van der Waals surface area contributed by atoms with Crippen molar-refractivity contribution in [2.45, 2.75) is 90.6 Å². The molecular weight excluding hydrogens is 348 g/mol. The van der Waals surface area contributed by atoms with Gasteiger partial charge in [0.2, 0.25) is 0 Å². The molecule has 6 heteroatoms. The first-order valence-corrected chi connectivity index (χ1v) is 10.3. The monoisotopic (exact) mass is 390 g/mol. The molecule has 0 aromatic rings. The van der Waals surface area contributed by atoms with E-state index in [4.69, 9.17) is 9.84 Å². The minimum Gasteiger partial charge on any atom is -0.394 e. The molecule has 0 aromatic heterocycles. The molecular formula is C21H42O6. The fraction of sp³-hybridized carbons (Fsp3) is 0.905. The van der Waals surface area contributed by atoms with Gasteiger partial charge in [0.1, 0.15) is 24.4 Å². The summed E-state index contributed by atoms with van der Waals surface area (Å²) >= 11 is 0. The summed E-state index contributed by atoms with van der Waals surface area (Å²) in [6, 6.07) is 0. The topological polar surface area (TPSA) is 110 Å². The Morgan fingerprint density at radius 3 is 2.07 bits per heavy atom. The number of ether oxygens (including phenoxy) is 1. The van der Waals surface area contributed by atoms with E-state index in [9.17, 15) is 20.4 Å². The Labute approximate surface area is 164 Å². The normalized spacial score (nSPS) is 18.4. The highest BCUT2D eigenvalue weighted by atomic mass is 16.5. The van der Waals surface area contributed by atoms with Gasteiger partial charge in [0.15, 0.2) is 0 Å². The number of aliphatic hydroxyl groups excluding tert-OH is 5. The Bertz CT molecular complexity index is 385. The quantitative estimate of drug-likeness (QED) is 0.204. The van der Waals surface area contributed by atoms with Crippen LogP contribution in [0.15, 0.2) is 11.6 Å². The van der Waals surface area contributed by atoms with Crippen molar-refractivity contribution < 1.29 is 30.3 Å². The third-order valence-corrected chi connectivity index (χ3v) is 4.91. The summed E-state index contributed by atoms with van der Waals surface area (Å²) in [5.74, 6) is 1.54. The van der Waals surface area contributed by atoms with Crippen molar-refractivity contribution in [3.63, 3.8) is 0 Å². The minimum absolute atomic E-state index is 0.160. The molecule has 0 aliphatic carbocycles. The molecule has 0 aliphatic heterocycles. The van der Waals surface area contributed by atoms with Crippen LogP contribution in [0.25, 0.3) is 0 Å². The Kier molecular flexibility index (Phi) is 15.1. The van der Waals surface area contributed by atoms with E-state index in [0.29, 0.717) is 6.61 Å². The van der Waals surface area contributed by atoms with E-state index in [1.807, 2.05) is 6.08 Å². The maximum atomic E-state index is 9.76. The lowest BCUT2D eigenvalue weighted by molar-refractivity contribution is -0.127. The maximum Gasteiger partial charge on any atom is 0.111 e. The van der Waals surface area contributed by atoms with Crippen LogP contribution in [0.2, 0.25) is 0 Å². The van der Waals surface area contributed by atoms with E-state index >= 15 is 0 Å². The zero-order chi connectivity index (χ0) is 20.8. The molecule has 0 bridgehead atoms. The van der Waals surface area contributed by atoms with Crippen molar-refractivity contribution in [1.29, 1.82) is 0 Å². The Morgan fingerprint density at radius 2 is 1.48 bits per heavy atom. The Hall–Kier alpha value is -0.500. The number of allylic oxidation sites excluding steroid dienone is 1. The second kappa shape index (κ2) is 15.4. The summed E-state index contributed by atoms with van der Waals surface area (Å²) in [6.45, 7) is 8.37. The lowest BCUT2D eigenvalue weighted by atomic mass is 9.94. The van der Waals surface area contributed by atoms with Crippen LogP contribution in [0.1, 0.15) is 66.2 Å². The van der Waals surface area contributed by atoms with Gasteiger partial charge in [-0.05, 0) is 31.6 Å². The molecule has 0 saturated carbocycles. The van der Waals surface area contributed by atoms with Gasteiger partial charge >= 0.3 is 0 Å². The highest BCUT2D eigenvalue weighted by Gasteiger charge is 2.29. The lowest BCUT2D eigenvalue weighted by Crippen LogP contribution is -2.47. The van der Waals surface area contributed by atoms with Crippen LogP contribution in [0, 0.1) is 11.8 Å². The van der Waals surface area contributed by atoms with Gasteiger partial charge in [0, 0.05) is 0 Å². The SMILES string of the molecule is CC(=CCOC[C@@H](O)[C@@H](O)[C@H](O)[C@H](O)CO)CCCC(C)CCCC(C)C. The van der Waals surface area contributed by atoms with Crippen molar-refractivity contribution in [2.24, 2.45) is 11.8 Å². The molecule has 6 nitrogen and oxygen atoms in total. The van der Waals surface area contributed by atoms with Gasteiger partial charge in [-0.15, -0.1) is 0 Å². The van der Waals surface area contributed by atoms with E-state index in [2.05, 4.69) is 27.7 Å². The van der Waals surface area contributed by atoms with Crippen molar-refractivity contribution in [2.75, 3.05) is 19.8 Å². The number of aliphatic hydroxyl groups is 5. The second-order valence-corrected chi connectivity index (χ2v) is 8.21. The summed E-state index contributed by atoms with van der Waals surface area (Å²) < 4.78 is 5.31. The van der Waals surface area contributed by atoms with Gasteiger partial charge in [-0.3, -0.25) is 0 Å². The van der Waals surface area contributed by atoms with Crippen LogP contribution in [0.3, 0.4) is 0 Å². The van der Waals surface area contributed by atoms with Gasteiger partial charge in [-0.2, -0.15) is 0 Å². The Morgan fingerprint density at radius 1 is 0.889 bits per heavy atom. The van der Waals surface area contributed by atoms with E-state index in [1.54, 1.807) is 0 Å². The molecule has 0 heterocycles. The number of hydrogen-bond donors (Lipinski definition) is 5. The first-order valence-electron chi connectivity index (χ1n) is 10.3. The molecule has 0 aliphatic rings. The van der Waals surface area contributed by atoms with Crippen molar-refractivity contribution in [3.05, 3.63) is 11.6 Å². The number of hydrogen-bond acceptors (Lipinski definition) is 6. The molecule has 0 rings (SSSR count). The van der Waals surface area contributed by atoms with Gasteiger partial charge in [-0.1, -0.05) is 58.1 Å². The molecule has 0 spiro atoms. The zero-order valence-corrected chi connectivity index (χ0v) is 17.5. The molecule has 0 fully saturated rings. The van der Waals surface area contributed by atoms with E-state index in [0.717, 1.165) is 24.7 Å². The molecule has 162 valence electrons. The van der Waals surface area contributed by atoms with Crippen LogP contribution in [-0.2, 0) is 4.74 Å². The largest absolute Gasteiger partial charge is 0.394 e. The van der Waals surface area contributed by atoms with Gasteiger partial charge in [-0.25, -0.2) is 0 Å². The smallest absolute Gasteiger partial charge is 0.111 e. The highest BCUT2D eigenvalue weighted by Crippen LogP contribution is 2.19. The molecule has 0 aromatic carbocycles. The molecule has 27 heavy (non-hydrogen) atoms. The average Bonchev–Trinajstić information content (AvgIpc) is 2.62. The number of rotatable bonds is 16. The maximum absolute atomic E-state index is 9.76. The Balaban J connectivity index is 3.89. The molecule has 5 N–H and O–H groups in total. The fourth-order valence-corrected chi connectivity index (χ4v) is 2.90. The first-order chi connectivity index (χ1) is 12.7. The molecule has 0 saturated heterocycles. The third kappa shape index (κ3) is 13.3. The van der Waals surface area contributed by atoms with E-state index in [-0.39, 0.29) is 6.61 Å². The molecule has 0 radical (unpaired) electrons. The van der Waals surface area contributed by atoms with Gasteiger partial charge in [0.25, 0.3) is 0 Å². The van der Waals surface area contributed by atoms with Crippen molar-refractivity contribution in [3.8, 4) is 0 Å². The average molecular weight is 391 g/mol. The van der Waals surface area contributed by atoms with Crippen LogP contribution < -0.4 is 0 Å². The predicted molar refractivity (Wildman–Crippen MR) is 107 cm³/mol. The standard InChI is InChI=1S/C21H42O6/c1-15(2)7-5-8-16(3)9-6-10-17(4)11-12-27-14-19(24)21(26)20(25)18(23)13-22/h11,15-16,18-26H,5-10,12-14H2,1-4H3/t16?,18-,19-,20-,21-/m1/s1. The fourth-order valence-electron chi connectivity index (χ4n) is 2.90. The third-order valence-electron chi connectivity index (χ3n) is 4.91. The zero-order valence-electron chi connectivity index (χ0n) is 17.5. The predicted octanol–water partition coefficient (Wildman–Crippen LogP) is 2.02. The van der Waals surface area contributed by atoms with Gasteiger partial charge < -0.3 is 30.3 Å². The van der Waals surface area contributed by atoms with E-state index in [1.165, 1.54) is 31.3 Å². The molecule has 5 atom stereocenters.